The van der Waals surface area contributed by atoms with Crippen molar-refractivity contribution >= 4 is 34.4 Å². The number of methoxy groups -OCH3 is 1. The molecule has 10 nitrogen and oxygen atoms in total. The summed E-state index contributed by atoms with van der Waals surface area (Å²) in [5, 5.41) is 32.7. The lowest BCUT2D eigenvalue weighted by atomic mass is 9.87. The molecule has 0 saturated carbocycles. The molecule has 1 heterocycles. The summed E-state index contributed by atoms with van der Waals surface area (Å²) >= 11 is 2.05. The lowest BCUT2D eigenvalue weighted by Gasteiger charge is -2.40. The van der Waals surface area contributed by atoms with Gasteiger partial charge in [0.1, 0.15) is 12.2 Å². The van der Waals surface area contributed by atoms with Gasteiger partial charge >= 0.3 is 0 Å². The fourth-order valence-electron chi connectivity index (χ4n) is 4.07. The summed E-state index contributed by atoms with van der Waals surface area (Å²) in [7, 11) is 1.47. The largest absolute Gasteiger partial charge is 0.493 e. The molecule has 36 heavy (non-hydrogen) atoms. The van der Waals surface area contributed by atoms with Gasteiger partial charge in [-0.2, -0.15) is 0 Å². The van der Waals surface area contributed by atoms with Crippen molar-refractivity contribution in [2.75, 3.05) is 20.3 Å². The van der Waals surface area contributed by atoms with E-state index in [1.165, 1.54) is 30.6 Å². The number of hydrogen-bond donors (Lipinski definition) is 4. The fourth-order valence-corrected chi connectivity index (χ4v) is 4.86. The molecular formula is C25H31IN2O8. The Morgan fingerprint density at radius 1 is 1.28 bits per heavy atom. The van der Waals surface area contributed by atoms with Crippen molar-refractivity contribution in [3.05, 3.63) is 57.1 Å². The molecule has 2 aromatic rings. The van der Waals surface area contributed by atoms with Crippen molar-refractivity contribution in [2.45, 2.75) is 51.2 Å². The predicted octanol–water partition coefficient (Wildman–Crippen LogP) is 1.74. The van der Waals surface area contributed by atoms with Gasteiger partial charge in [0.2, 0.25) is 11.8 Å². The molecule has 0 saturated heterocycles. The first kappa shape index (κ1) is 28.0. The van der Waals surface area contributed by atoms with Gasteiger partial charge in [0.15, 0.2) is 11.5 Å². The van der Waals surface area contributed by atoms with Crippen molar-refractivity contribution in [3.63, 3.8) is 0 Å². The Morgan fingerprint density at radius 3 is 2.67 bits per heavy atom. The van der Waals surface area contributed by atoms with Crippen molar-refractivity contribution in [1.29, 1.82) is 0 Å². The minimum absolute atomic E-state index is 0.0654. The molecule has 0 spiro atoms. The van der Waals surface area contributed by atoms with Crippen molar-refractivity contribution in [3.8, 4) is 11.5 Å². The number of carbonyl (C=O) groups is 2. The zero-order valence-electron chi connectivity index (χ0n) is 20.1. The van der Waals surface area contributed by atoms with Gasteiger partial charge in [-0.25, -0.2) is 0 Å². The van der Waals surface area contributed by atoms with Gasteiger partial charge in [0, 0.05) is 37.1 Å². The van der Waals surface area contributed by atoms with Gasteiger partial charge in [-0.05, 0) is 52.4 Å². The van der Waals surface area contributed by atoms with Crippen molar-refractivity contribution in [1.82, 2.24) is 10.2 Å². The number of furan rings is 1. The Balaban J connectivity index is 2.00. The van der Waals surface area contributed by atoms with Gasteiger partial charge in [0.25, 0.3) is 0 Å². The third-order valence-electron chi connectivity index (χ3n) is 5.90. The number of ether oxygens (including phenoxy) is 2. The van der Waals surface area contributed by atoms with Gasteiger partial charge in [-0.15, -0.1) is 0 Å². The molecule has 0 unspecified atom stereocenters. The van der Waals surface area contributed by atoms with E-state index in [1.54, 1.807) is 25.1 Å². The first-order chi connectivity index (χ1) is 17.3. The zero-order chi connectivity index (χ0) is 26.2. The Morgan fingerprint density at radius 2 is 2.06 bits per heavy atom. The normalized spacial score (nSPS) is 19.4. The van der Waals surface area contributed by atoms with E-state index in [9.17, 15) is 19.8 Å². The topological polar surface area (TPSA) is 142 Å². The van der Waals surface area contributed by atoms with Crippen LogP contribution in [0.4, 0.5) is 0 Å². The Bertz CT molecular complexity index is 1070. The highest BCUT2D eigenvalue weighted by Gasteiger charge is 2.40. The molecule has 1 aliphatic rings. The van der Waals surface area contributed by atoms with Crippen LogP contribution in [0.3, 0.4) is 0 Å². The van der Waals surface area contributed by atoms with Gasteiger partial charge in [-0.3, -0.25) is 9.59 Å². The number of rotatable bonds is 11. The molecule has 1 aromatic heterocycles. The van der Waals surface area contributed by atoms with Crippen LogP contribution in [-0.2, 0) is 22.7 Å². The lowest BCUT2D eigenvalue weighted by molar-refractivity contribution is -0.139. The second-order valence-corrected chi connectivity index (χ2v) is 9.45. The van der Waals surface area contributed by atoms with Crippen LogP contribution in [0.5, 0.6) is 11.5 Å². The van der Waals surface area contributed by atoms with Gasteiger partial charge < -0.3 is 39.4 Å². The predicted molar refractivity (Wildman–Crippen MR) is 138 cm³/mol. The van der Waals surface area contributed by atoms with Crippen molar-refractivity contribution < 1.29 is 38.8 Å². The lowest BCUT2D eigenvalue weighted by Crippen LogP contribution is -2.54. The molecule has 196 valence electrons. The minimum Gasteiger partial charge on any atom is -0.493 e. The monoisotopic (exact) mass is 614 g/mol. The maximum Gasteiger partial charge on any atom is 0.247 e. The average Bonchev–Trinajstić information content (AvgIpc) is 3.40. The average molecular weight is 614 g/mol. The maximum absolute atomic E-state index is 13.0. The van der Waals surface area contributed by atoms with Crippen LogP contribution in [-0.4, -0.2) is 70.5 Å². The van der Waals surface area contributed by atoms with E-state index in [1.807, 2.05) is 22.6 Å². The molecule has 1 aromatic carbocycles. The second kappa shape index (κ2) is 13.1. The minimum atomic E-state index is -1.17. The molecule has 0 bridgehead atoms. The Labute approximate surface area is 223 Å². The van der Waals surface area contributed by atoms with Crippen LogP contribution in [0.25, 0.3) is 0 Å². The summed E-state index contributed by atoms with van der Waals surface area (Å²) in [6.07, 6.45) is 2.72. The molecule has 0 aliphatic heterocycles. The molecule has 0 fully saturated rings. The molecular weight excluding hydrogens is 583 g/mol. The SMILES string of the molecule is CCC(=O)N(Cc1ccoc1)[C@@H]1CC(C(=O)NCCO)=C[C@H](Oc2c(I)cc(CO)cc2OC)[C@H]1O. The first-order valence-electron chi connectivity index (χ1n) is 11.5. The number of hydrogen-bond acceptors (Lipinski definition) is 8. The summed E-state index contributed by atoms with van der Waals surface area (Å²) < 4.78 is 17.4. The highest BCUT2D eigenvalue weighted by Crippen LogP contribution is 2.37. The summed E-state index contributed by atoms with van der Waals surface area (Å²) in [5.41, 5.74) is 1.70. The van der Waals surface area contributed by atoms with E-state index in [4.69, 9.17) is 19.0 Å². The number of aliphatic hydroxyl groups is 3. The number of carbonyl (C=O) groups excluding carboxylic acids is 2. The summed E-state index contributed by atoms with van der Waals surface area (Å²) in [4.78, 5) is 27.4. The van der Waals surface area contributed by atoms with Crippen LogP contribution in [0.2, 0.25) is 0 Å². The number of aliphatic hydroxyl groups excluding tert-OH is 3. The summed E-state index contributed by atoms with van der Waals surface area (Å²) in [6.45, 7) is 1.58. The third kappa shape index (κ3) is 6.58. The van der Waals surface area contributed by atoms with Gasteiger partial charge in [0.05, 0.1) is 42.5 Å². The van der Waals surface area contributed by atoms with E-state index < -0.39 is 24.2 Å². The quantitative estimate of drug-likeness (QED) is 0.281. The maximum atomic E-state index is 13.0. The van der Waals surface area contributed by atoms with Crippen LogP contribution in [0, 0.1) is 3.57 Å². The number of amides is 2. The number of benzene rings is 1. The first-order valence-corrected chi connectivity index (χ1v) is 12.6. The highest BCUT2D eigenvalue weighted by molar-refractivity contribution is 14.1. The molecule has 3 rings (SSSR count). The molecule has 11 heteroatoms. The molecule has 0 radical (unpaired) electrons. The number of nitrogens with zero attached hydrogens (tertiary/aromatic N) is 1. The third-order valence-corrected chi connectivity index (χ3v) is 6.70. The van der Waals surface area contributed by atoms with E-state index in [-0.39, 0.29) is 45.1 Å². The smallest absolute Gasteiger partial charge is 0.247 e. The van der Waals surface area contributed by atoms with E-state index in [2.05, 4.69) is 5.32 Å². The zero-order valence-corrected chi connectivity index (χ0v) is 22.3. The van der Waals surface area contributed by atoms with Crippen molar-refractivity contribution in [2.24, 2.45) is 0 Å². The van der Waals surface area contributed by atoms with Crippen LogP contribution < -0.4 is 14.8 Å². The number of nitrogens with one attached hydrogen (secondary N) is 1. The van der Waals surface area contributed by atoms with E-state index >= 15 is 0 Å². The summed E-state index contributed by atoms with van der Waals surface area (Å²) in [5.74, 6) is 0.0870. The Kier molecular flexibility index (Phi) is 10.2. The van der Waals surface area contributed by atoms with Gasteiger partial charge in [-0.1, -0.05) is 6.92 Å². The van der Waals surface area contributed by atoms with E-state index in [0.29, 0.717) is 26.2 Å². The molecule has 1 aliphatic carbocycles. The highest BCUT2D eigenvalue weighted by atomic mass is 127. The molecule has 4 N–H and O–H groups in total. The number of halogens is 1. The van der Waals surface area contributed by atoms with Crippen LogP contribution in [0.1, 0.15) is 30.9 Å². The van der Waals surface area contributed by atoms with Crippen LogP contribution >= 0.6 is 22.6 Å². The molecule has 3 atom stereocenters. The second-order valence-electron chi connectivity index (χ2n) is 8.29. The standard InChI is InChI=1S/C25H31IN2O8/c1-3-22(31)28(12-15-4-7-35-14-15)19-10-17(25(33)27-5-6-29)11-20(23(19)32)36-24-18(26)8-16(13-30)9-21(24)34-2/h4,7-9,11,14,19-20,23,29-30,32H,3,5-6,10,12-13H2,1-2H3,(H,27,33)/t19-,20+,23+/m1/s1. The molecule has 2 amide bonds. The fraction of sp³-hybridized carbons (Fsp3) is 0.440. The van der Waals surface area contributed by atoms with Crippen LogP contribution in [0.15, 0.2) is 46.8 Å². The Hall–Kier alpha value is -2.61. The summed E-state index contributed by atoms with van der Waals surface area (Å²) in [6, 6.07) is 4.33. The van der Waals surface area contributed by atoms with E-state index in [0.717, 1.165) is 5.56 Å².